The van der Waals surface area contributed by atoms with Crippen molar-refractivity contribution < 1.29 is 18.7 Å². The van der Waals surface area contributed by atoms with E-state index in [2.05, 4.69) is 0 Å². The average molecular weight is 461 g/mol. The van der Waals surface area contributed by atoms with Crippen LogP contribution >= 0.6 is 0 Å². The van der Waals surface area contributed by atoms with Crippen LogP contribution in [0.3, 0.4) is 0 Å². The van der Waals surface area contributed by atoms with Gasteiger partial charge in [0.25, 0.3) is 11.8 Å². The van der Waals surface area contributed by atoms with E-state index in [0.717, 1.165) is 23.2 Å². The molecule has 34 heavy (non-hydrogen) atoms. The summed E-state index contributed by atoms with van der Waals surface area (Å²) in [7, 11) is 1.60. The molecule has 0 N–H and O–H groups in total. The van der Waals surface area contributed by atoms with Gasteiger partial charge in [0.05, 0.1) is 16.6 Å². The Morgan fingerprint density at radius 1 is 1.03 bits per heavy atom. The Morgan fingerprint density at radius 3 is 2.50 bits per heavy atom. The summed E-state index contributed by atoms with van der Waals surface area (Å²) in [6.45, 7) is 7.03. The maximum absolute atomic E-state index is 14.3. The third-order valence-corrected chi connectivity index (χ3v) is 7.03. The van der Waals surface area contributed by atoms with E-state index in [9.17, 15) is 14.4 Å². The molecule has 0 saturated carbocycles. The van der Waals surface area contributed by atoms with Gasteiger partial charge in [0.2, 0.25) is 5.76 Å². The molecule has 2 aliphatic rings. The van der Waals surface area contributed by atoms with Gasteiger partial charge < -0.3 is 19.0 Å². The second-order valence-corrected chi connectivity index (χ2v) is 9.06. The molecule has 5 rings (SSSR count). The van der Waals surface area contributed by atoms with Gasteiger partial charge in [0.15, 0.2) is 11.0 Å². The van der Waals surface area contributed by atoms with Crippen LogP contribution in [0.15, 0.2) is 45.6 Å². The van der Waals surface area contributed by atoms with Gasteiger partial charge in [-0.1, -0.05) is 25.1 Å². The van der Waals surface area contributed by atoms with Crippen molar-refractivity contribution in [3.8, 4) is 0 Å². The number of nitrogens with zero attached hydrogens (tertiary/aromatic N) is 2. The highest BCUT2D eigenvalue weighted by atomic mass is 16.5. The van der Waals surface area contributed by atoms with Crippen molar-refractivity contribution in [1.82, 2.24) is 4.90 Å². The number of carbonyl (C=O) groups excluding carboxylic acids is 2. The summed E-state index contributed by atoms with van der Waals surface area (Å²) < 4.78 is 11.3. The molecule has 3 heterocycles. The zero-order chi connectivity index (χ0) is 24.2. The molecule has 7 heteroatoms. The van der Waals surface area contributed by atoms with E-state index in [1.807, 2.05) is 45.0 Å². The van der Waals surface area contributed by atoms with Crippen molar-refractivity contribution in [2.45, 2.75) is 39.2 Å². The Hall–Kier alpha value is -3.45. The summed E-state index contributed by atoms with van der Waals surface area (Å²) in [4.78, 5) is 45.3. The fourth-order valence-corrected chi connectivity index (χ4v) is 5.36. The number of benzene rings is 2. The number of aryl methyl sites for hydroxylation is 2. The number of hydrogen-bond donors (Lipinski definition) is 0. The topological polar surface area (TPSA) is 80.1 Å². The standard InChI is InChI=1S/C27H28N2O5/c1-5-11-28-20-10-7-6-9-19(20)27(26(28)32)22-23(30)18-14-16(2)17(3)15-21(18)34-24(22)25(31)29(27)12-8-13-33-4/h6-7,9-10,14-15H,5,8,11-13H2,1-4H3/t27-/m1/s1. The largest absolute Gasteiger partial charge is 0.450 e. The van der Waals surface area contributed by atoms with E-state index in [-0.39, 0.29) is 29.2 Å². The minimum Gasteiger partial charge on any atom is -0.450 e. The normalized spacial score (nSPS) is 18.9. The number of rotatable bonds is 6. The first-order chi connectivity index (χ1) is 16.4. The van der Waals surface area contributed by atoms with E-state index in [1.54, 1.807) is 24.1 Å². The number of ether oxygens (including phenoxy) is 1. The lowest BCUT2D eigenvalue weighted by molar-refractivity contribution is -0.126. The highest BCUT2D eigenvalue weighted by Gasteiger charge is 2.64. The quantitative estimate of drug-likeness (QED) is 0.521. The first-order valence-corrected chi connectivity index (χ1v) is 11.7. The van der Waals surface area contributed by atoms with E-state index in [0.29, 0.717) is 36.1 Å². The van der Waals surface area contributed by atoms with Crippen LogP contribution in [0.5, 0.6) is 0 Å². The highest BCUT2D eigenvalue weighted by Crippen LogP contribution is 2.52. The van der Waals surface area contributed by atoms with E-state index in [1.165, 1.54) is 4.90 Å². The zero-order valence-corrected chi connectivity index (χ0v) is 19.9. The van der Waals surface area contributed by atoms with E-state index < -0.39 is 11.4 Å². The fraction of sp³-hybridized carbons (Fsp3) is 0.370. The summed E-state index contributed by atoms with van der Waals surface area (Å²) in [5.74, 6) is -0.764. The predicted octanol–water partition coefficient (Wildman–Crippen LogP) is 3.90. The lowest BCUT2D eigenvalue weighted by atomic mass is 9.83. The second-order valence-electron chi connectivity index (χ2n) is 9.06. The Bertz CT molecular complexity index is 1390. The lowest BCUT2D eigenvalue weighted by Crippen LogP contribution is -2.53. The molecule has 7 nitrogen and oxygen atoms in total. The van der Waals surface area contributed by atoms with Crippen LogP contribution in [0.1, 0.15) is 52.6 Å². The van der Waals surface area contributed by atoms with Crippen molar-refractivity contribution in [1.29, 1.82) is 0 Å². The average Bonchev–Trinajstić information content (AvgIpc) is 3.21. The molecule has 0 saturated heterocycles. The number of hydrogen-bond acceptors (Lipinski definition) is 5. The second kappa shape index (κ2) is 8.09. The first kappa shape index (κ1) is 22.3. The van der Waals surface area contributed by atoms with Crippen molar-refractivity contribution in [3.63, 3.8) is 0 Å². The molecule has 2 aliphatic heterocycles. The predicted molar refractivity (Wildman–Crippen MR) is 129 cm³/mol. The minimum absolute atomic E-state index is 0.0420. The van der Waals surface area contributed by atoms with Gasteiger partial charge in [-0.25, -0.2) is 0 Å². The van der Waals surface area contributed by atoms with Gasteiger partial charge >= 0.3 is 0 Å². The number of carbonyl (C=O) groups is 2. The molecule has 176 valence electrons. The third kappa shape index (κ3) is 2.83. The Morgan fingerprint density at radius 2 is 1.76 bits per heavy atom. The smallest absolute Gasteiger partial charge is 0.291 e. The molecule has 2 aromatic carbocycles. The van der Waals surface area contributed by atoms with Crippen LogP contribution in [0.25, 0.3) is 11.0 Å². The van der Waals surface area contributed by atoms with Gasteiger partial charge in [-0.3, -0.25) is 14.4 Å². The molecule has 1 aromatic heterocycles. The zero-order valence-electron chi connectivity index (χ0n) is 19.9. The monoisotopic (exact) mass is 460 g/mol. The first-order valence-electron chi connectivity index (χ1n) is 11.7. The summed E-state index contributed by atoms with van der Waals surface area (Å²) >= 11 is 0. The van der Waals surface area contributed by atoms with Crippen LogP contribution in [0.2, 0.25) is 0 Å². The molecule has 3 aromatic rings. The van der Waals surface area contributed by atoms with Crippen molar-refractivity contribution >= 4 is 28.5 Å². The van der Waals surface area contributed by atoms with Crippen LogP contribution in [-0.2, 0) is 15.1 Å². The summed E-state index contributed by atoms with van der Waals surface area (Å²) in [5, 5.41) is 0.381. The van der Waals surface area contributed by atoms with Crippen molar-refractivity contribution in [3.05, 3.63) is 74.6 Å². The minimum atomic E-state index is -1.54. The molecule has 0 unspecified atom stereocenters. The Balaban J connectivity index is 1.87. The maximum atomic E-state index is 14.3. The van der Waals surface area contributed by atoms with Crippen LogP contribution in [0, 0.1) is 13.8 Å². The molecule has 0 aliphatic carbocycles. The van der Waals surface area contributed by atoms with Crippen LogP contribution < -0.4 is 10.3 Å². The number of para-hydroxylation sites is 1. The van der Waals surface area contributed by atoms with Gasteiger partial charge in [0, 0.05) is 32.4 Å². The molecular formula is C27H28N2O5. The third-order valence-electron chi connectivity index (χ3n) is 7.03. The molecule has 0 fully saturated rings. The lowest BCUT2D eigenvalue weighted by Gasteiger charge is -2.34. The van der Waals surface area contributed by atoms with E-state index >= 15 is 0 Å². The van der Waals surface area contributed by atoms with Crippen molar-refractivity contribution in [2.24, 2.45) is 0 Å². The Labute approximate surface area is 197 Å². The Kier molecular flexibility index (Phi) is 5.32. The SMILES string of the molecule is CCCN1C(=O)[C@@]2(c3ccccc31)c1c(oc3cc(C)c(C)cc3c1=O)C(=O)N2CCCOC. The van der Waals surface area contributed by atoms with Crippen LogP contribution in [0.4, 0.5) is 5.69 Å². The van der Waals surface area contributed by atoms with Gasteiger partial charge in [-0.05, 0) is 56.0 Å². The molecule has 1 spiro atoms. The molecule has 0 bridgehead atoms. The molecular weight excluding hydrogens is 432 g/mol. The number of methoxy groups -OCH3 is 1. The van der Waals surface area contributed by atoms with Gasteiger partial charge in [-0.2, -0.15) is 0 Å². The van der Waals surface area contributed by atoms with Crippen LogP contribution in [-0.4, -0.2) is 43.5 Å². The fourth-order valence-electron chi connectivity index (χ4n) is 5.36. The summed E-state index contributed by atoms with van der Waals surface area (Å²) in [6.07, 6.45) is 1.26. The summed E-state index contributed by atoms with van der Waals surface area (Å²) in [5.41, 5.74) is 1.90. The summed E-state index contributed by atoms with van der Waals surface area (Å²) in [6, 6.07) is 11.0. The molecule has 1 atom stereocenters. The number of fused-ring (bicyclic) bond motifs is 5. The maximum Gasteiger partial charge on any atom is 0.291 e. The van der Waals surface area contributed by atoms with Crippen molar-refractivity contribution in [2.75, 3.05) is 31.7 Å². The van der Waals surface area contributed by atoms with Gasteiger partial charge in [0.1, 0.15) is 5.58 Å². The number of anilines is 1. The highest BCUT2D eigenvalue weighted by molar-refractivity contribution is 6.17. The van der Waals surface area contributed by atoms with E-state index in [4.69, 9.17) is 9.15 Å². The van der Waals surface area contributed by atoms with Gasteiger partial charge in [-0.15, -0.1) is 0 Å². The molecule has 0 radical (unpaired) electrons. The number of amides is 2. The molecule has 2 amide bonds.